The second kappa shape index (κ2) is 9.72. The maximum absolute atomic E-state index is 9.25. The summed E-state index contributed by atoms with van der Waals surface area (Å²) in [5.74, 6) is 4.78. The second-order valence-corrected chi connectivity index (χ2v) is 10.8. The van der Waals surface area contributed by atoms with Gasteiger partial charge in [-0.05, 0) is 37.1 Å². The zero-order chi connectivity index (χ0) is 22.9. The van der Waals surface area contributed by atoms with Gasteiger partial charge < -0.3 is 14.9 Å². The molecule has 1 atom stereocenters. The molecule has 0 radical (unpaired) electrons. The fraction of sp³-hybridized carbons (Fsp3) is 0.545. The van der Waals surface area contributed by atoms with Crippen molar-refractivity contribution in [2.45, 2.75) is 25.8 Å². The van der Waals surface area contributed by atoms with Crippen LogP contribution in [-0.2, 0) is 13.0 Å². The van der Waals surface area contributed by atoms with Crippen LogP contribution in [0.4, 0.5) is 5.82 Å². The monoisotopic (exact) mass is 505 g/mol. The van der Waals surface area contributed by atoms with Crippen molar-refractivity contribution in [1.82, 2.24) is 29.6 Å². The third-order valence-electron chi connectivity index (χ3n) is 6.61. The predicted molar refractivity (Wildman–Crippen MR) is 131 cm³/mol. The first-order valence-corrected chi connectivity index (χ1v) is 12.7. The number of hydrogen-bond acceptors (Lipinski definition) is 8. The average Bonchev–Trinajstić information content (AvgIpc) is 3.29. The molecule has 2 saturated heterocycles. The Balaban J connectivity index is 1.29. The number of piperidine rings is 1. The Bertz CT molecular complexity index is 1180. The molecule has 2 aliphatic rings. The Morgan fingerprint density at radius 1 is 1.18 bits per heavy atom. The van der Waals surface area contributed by atoms with Crippen molar-refractivity contribution in [2.24, 2.45) is 11.8 Å². The fourth-order valence-corrected chi connectivity index (χ4v) is 6.21. The summed E-state index contributed by atoms with van der Waals surface area (Å²) in [4.78, 5) is 18.4. The molecule has 1 N–H and O–H groups in total. The third-order valence-corrected chi connectivity index (χ3v) is 8.05. The molecule has 33 heavy (non-hydrogen) atoms. The Hall–Kier alpha value is -1.96. The van der Waals surface area contributed by atoms with Gasteiger partial charge in [-0.1, -0.05) is 34.5 Å². The SMILES string of the molecule is C#Cc1nn(CCc2nc(Cl)sc2Cl)c2nc(N3CC([C@H]4CCCN(CCO)C4)C3)cnc12. The molecule has 0 spiro atoms. The highest BCUT2D eigenvalue weighted by Crippen LogP contribution is 2.34. The van der Waals surface area contributed by atoms with Crippen molar-refractivity contribution >= 4 is 51.5 Å². The van der Waals surface area contributed by atoms with Crippen molar-refractivity contribution in [2.75, 3.05) is 44.2 Å². The van der Waals surface area contributed by atoms with E-state index in [-0.39, 0.29) is 6.61 Å². The first kappa shape index (κ1) is 22.8. The van der Waals surface area contributed by atoms with Crippen LogP contribution < -0.4 is 4.90 Å². The van der Waals surface area contributed by atoms with Crippen LogP contribution in [0.2, 0.25) is 8.80 Å². The Morgan fingerprint density at radius 2 is 2.03 bits per heavy atom. The summed E-state index contributed by atoms with van der Waals surface area (Å²) >= 11 is 13.4. The molecule has 174 valence electrons. The van der Waals surface area contributed by atoms with E-state index in [0.717, 1.165) is 44.2 Å². The molecule has 11 heteroatoms. The van der Waals surface area contributed by atoms with E-state index in [1.165, 1.54) is 24.2 Å². The Kier molecular flexibility index (Phi) is 6.72. The third kappa shape index (κ3) is 4.68. The number of aliphatic hydroxyl groups excluding tert-OH is 1. The van der Waals surface area contributed by atoms with Crippen LogP contribution in [0.25, 0.3) is 11.2 Å². The predicted octanol–water partition coefficient (Wildman–Crippen LogP) is 2.95. The molecule has 2 fully saturated rings. The molecule has 0 aliphatic carbocycles. The van der Waals surface area contributed by atoms with Crippen molar-refractivity contribution in [3.63, 3.8) is 0 Å². The van der Waals surface area contributed by atoms with Gasteiger partial charge in [0.25, 0.3) is 0 Å². The van der Waals surface area contributed by atoms with E-state index in [1.54, 1.807) is 10.9 Å². The summed E-state index contributed by atoms with van der Waals surface area (Å²) < 4.78 is 2.80. The molecule has 0 unspecified atom stereocenters. The molecule has 0 aromatic carbocycles. The summed E-state index contributed by atoms with van der Waals surface area (Å²) in [7, 11) is 0. The minimum Gasteiger partial charge on any atom is -0.395 e. The smallest absolute Gasteiger partial charge is 0.185 e. The standard InChI is InChI=1S/C22H25Cl2N7OS/c1-2-16-19-21(31(28-16)7-5-17-20(23)33-22(24)26-17)27-18(10-25-19)30-12-15(13-30)14-4-3-6-29(11-14)8-9-32/h1,10,14-15,32H,3-9,11-13H2/t14-/m0/s1. The lowest BCUT2D eigenvalue weighted by Crippen LogP contribution is -2.54. The van der Waals surface area contributed by atoms with E-state index >= 15 is 0 Å². The molecule has 3 aromatic rings. The van der Waals surface area contributed by atoms with Gasteiger partial charge >= 0.3 is 0 Å². The molecular weight excluding hydrogens is 481 g/mol. The number of aliphatic hydroxyl groups is 1. The van der Waals surface area contributed by atoms with Crippen molar-refractivity contribution < 1.29 is 5.11 Å². The van der Waals surface area contributed by atoms with Gasteiger partial charge in [0.05, 0.1) is 18.5 Å². The molecule has 5 rings (SSSR count). The Morgan fingerprint density at radius 3 is 2.76 bits per heavy atom. The van der Waals surface area contributed by atoms with Crippen LogP contribution in [0.1, 0.15) is 24.2 Å². The van der Waals surface area contributed by atoms with Crippen LogP contribution >= 0.6 is 34.5 Å². The van der Waals surface area contributed by atoms with Gasteiger partial charge in [-0.2, -0.15) is 5.10 Å². The van der Waals surface area contributed by atoms with Gasteiger partial charge in [0.15, 0.2) is 15.8 Å². The summed E-state index contributed by atoms with van der Waals surface area (Å²) in [5, 5.41) is 13.8. The molecular formula is C22H25Cl2N7OS. The summed E-state index contributed by atoms with van der Waals surface area (Å²) in [6.45, 7) is 5.65. The quantitative estimate of drug-likeness (QED) is 0.494. The number of anilines is 1. The van der Waals surface area contributed by atoms with Crippen LogP contribution in [-0.4, -0.2) is 74.1 Å². The van der Waals surface area contributed by atoms with Crippen LogP contribution in [0, 0.1) is 24.2 Å². The normalized spacial score (nSPS) is 19.7. The molecule has 2 aliphatic heterocycles. The summed E-state index contributed by atoms with van der Waals surface area (Å²) in [5.41, 5.74) is 2.54. The van der Waals surface area contributed by atoms with Gasteiger partial charge in [-0.15, -0.1) is 6.42 Å². The van der Waals surface area contributed by atoms with Crippen LogP contribution in [0.15, 0.2) is 6.20 Å². The number of halogens is 2. The molecule has 0 bridgehead atoms. The van der Waals surface area contributed by atoms with Gasteiger partial charge in [-0.25, -0.2) is 19.6 Å². The number of thiazole rings is 1. The highest BCUT2D eigenvalue weighted by molar-refractivity contribution is 7.19. The lowest BCUT2D eigenvalue weighted by Gasteiger charge is -2.47. The Labute approximate surface area is 206 Å². The molecule has 3 aromatic heterocycles. The summed E-state index contributed by atoms with van der Waals surface area (Å²) in [6, 6.07) is 0. The van der Waals surface area contributed by atoms with E-state index in [0.29, 0.717) is 50.5 Å². The summed E-state index contributed by atoms with van der Waals surface area (Å²) in [6.07, 6.45) is 10.5. The minimum atomic E-state index is 0.230. The maximum atomic E-state index is 9.25. The molecule has 8 nitrogen and oxygen atoms in total. The highest BCUT2D eigenvalue weighted by atomic mass is 35.5. The average molecular weight is 506 g/mol. The zero-order valence-electron chi connectivity index (χ0n) is 18.1. The van der Waals surface area contributed by atoms with Crippen LogP contribution in [0.5, 0.6) is 0 Å². The topological polar surface area (TPSA) is 83.2 Å². The molecule has 0 amide bonds. The maximum Gasteiger partial charge on any atom is 0.185 e. The van der Waals surface area contributed by atoms with E-state index in [1.807, 2.05) is 0 Å². The number of likely N-dealkylation sites (tertiary alicyclic amines) is 1. The largest absolute Gasteiger partial charge is 0.395 e. The minimum absolute atomic E-state index is 0.230. The highest BCUT2D eigenvalue weighted by Gasteiger charge is 2.36. The van der Waals surface area contributed by atoms with E-state index in [2.05, 4.69) is 30.8 Å². The van der Waals surface area contributed by atoms with Gasteiger partial charge in [-0.3, -0.25) is 0 Å². The molecule has 0 saturated carbocycles. The number of β-amino-alcohol motifs (C(OH)–C–C–N with tert-alkyl or cyclic N) is 1. The van der Waals surface area contributed by atoms with Crippen molar-refractivity contribution in [3.8, 4) is 12.3 Å². The number of terminal acetylenes is 1. The number of hydrogen-bond donors (Lipinski definition) is 1. The van der Waals surface area contributed by atoms with Gasteiger partial charge in [0.2, 0.25) is 0 Å². The number of rotatable bonds is 7. The van der Waals surface area contributed by atoms with Crippen molar-refractivity contribution in [1.29, 1.82) is 0 Å². The number of aryl methyl sites for hydroxylation is 2. The zero-order valence-corrected chi connectivity index (χ0v) is 20.5. The van der Waals surface area contributed by atoms with Crippen LogP contribution in [0.3, 0.4) is 0 Å². The number of aromatic nitrogens is 5. The first-order chi connectivity index (χ1) is 16.1. The fourth-order valence-electron chi connectivity index (χ4n) is 4.83. The molecule has 5 heterocycles. The van der Waals surface area contributed by atoms with Gasteiger partial charge in [0.1, 0.15) is 15.7 Å². The van der Waals surface area contributed by atoms with E-state index < -0.39 is 0 Å². The van der Waals surface area contributed by atoms with Crippen molar-refractivity contribution in [3.05, 3.63) is 26.4 Å². The van der Waals surface area contributed by atoms with E-state index in [9.17, 15) is 5.11 Å². The second-order valence-electron chi connectivity index (χ2n) is 8.65. The lowest BCUT2D eigenvalue weighted by molar-refractivity contribution is 0.101. The number of nitrogens with zero attached hydrogens (tertiary/aromatic N) is 7. The first-order valence-electron chi connectivity index (χ1n) is 11.1. The number of fused-ring (bicyclic) bond motifs is 1. The lowest BCUT2D eigenvalue weighted by atomic mass is 9.80. The van der Waals surface area contributed by atoms with Gasteiger partial charge in [0, 0.05) is 39.1 Å². The van der Waals surface area contributed by atoms with E-state index in [4.69, 9.17) is 34.6 Å².